The van der Waals surface area contributed by atoms with E-state index in [0.29, 0.717) is 13.2 Å². The molecule has 0 bridgehead atoms. The van der Waals surface area contributed by atoms with Crippen LogP contribution in [0.4, 0.5) is 0 Å². The molecule has 0 saturated carbocycles. The number of hydrogen-bond acceptors (Lipinski definition) is 2. The maximum Gasteiger partial charge on any atom is 0.179 e. The van der Waals surface area contributed by atoms with E-state index >= 15 is 0 Å². The predicted octanol–water partition coefficient (Wildman–Crippen LogP) is 3.49. The van der Waals surface area contributed by atoms with Gasteiger partial charge >= 0.3 is 0 Å². The summed E-state index contributed by atoms with van der Waals surface area (Å²) in [5.41, 5.74) is 2.26. The summed E-state index contributed by atoms with van der Waals surface area (Å²) in [6, 6.07) is 10.2. The third-order valence-electron chi connectivity index (χ3n) is 2.20. The topological polar surface area (TPSA) is 18.5 Å². The largest absolute Gasteiger partial charge is 0.349 e. The van der Waals surface area contributed by atoms with Gasteiger partial charge in [-0.25, -0.2) is 0 Å². The molecular formula is C14H20O2. The molecule has 0 aliphatic heterocycles. The second-order valence-electron chi connectivity index (χ2n) is 3.54. The van der Waals surface area contributed by atoms with E-state index in [-0.39, 0.29) is 6.29 Å². The van der Waals surface area contributed by atoms with Crippen LogP contribution in [0.1, 0.15) is 26.3 Å². The Morgan fingerprint density at radius 2 is 1.69 bits per heavy atom. The van der Waals surface area contributed by atoms with Crippen LogP contribution in [0.25, 0.3) is 6.08 Å². The number of ether oxygens (including phenoxy) is 2. The Morgan fingerprint density at radius 3 is 2.19 bits per heavy atom. The van der Waals surface area contributed by atoms with Crippen molar-refractivity contribution in [1.82, 2.24) is 0 Å². The SMILES string of the molecule is CCOC(OCC)/C(C)=C\c1ccccc1. The van der Waals surface area contributed by atoms with Gasteiger partial charge in [-0.1, -0.05) is 36.4 Å². The molecule has 0 aliphatic carbocycles. The molecule has 88 valence electrons. The van der Waals surface area contributed by atoms with Crippen molar-refractivity contribution in [1.29, 1.82) is 0 Å². The third-order valence-corrected chi connectivity index (χ3v) is 2.20. The third kappa shape index (κ3) is 4.17. The summed E-state index contributed by atoms with van der Waals surface area (Å²) in [7, 11) is 0. The summed E-state index contributed by atoms with van der Waals surface area (Å²) < 4.78 is 11.1. The van der Waals surface area contributed by atoms with E-state index in [0.717, 1.165) is 5.57 Å². The van der Waals surface area contributed by atoms with E-state index in [2.05, 4.69) is 18.2 Å². The van der Waals surface area contributed by atoms with Crippen LogP contribution in [0.15, 0.2) is 35.9 Å². The van der Waals surface area contributed by atoms with Crippen LogP contribution in [0.5, 0.6) is 0 Å². The summed E-state index contributed by atoms with van der Waals surface area (Å²) in [5.74, 6) is 0. The molecule has 0 aromatic heterocycles. The highest BCUT2D eigenvalue weighted by molar-refractivity contribution is 5.52. The Labute approximate surface area is 97.9 Å². The molecule has 1 rings (SSSR count). The molecular weight excluding hydrogens is 200 g/mol. The van der Waals surface area contributed by atoms with Crippen molar-refractivity contribution in [2.75, 3.05) is 13.2 Å². The Hall–Kier alpha value is -1.12. The first kappa shape index (κ1) is 12.9. The fraction of sp³-hybridized carbons (Fsp3) is 0.429. The van der Waals surface area contributed by atoms with Gasteiger partial charge in [0.2, 0.25) is 0 Å². The van der Waals surface area contributed by atoms with Gasteiger partial charge in [0.25, 0.3) is 0 Å². The molecule has 2 heteroatoms. The van der Waals surface area contributed by atoms with Crippen LogP contribution < -0.4 is 0 Å². The van der Waals surface area contributed by atoms with Crippen molar-refractivity contribution in [3.05, 3.63) is 41.5 Å². The van der Waals surface area contributed by atoms with Crippen molar-refractivity contribution in [2.45, 2.75) is 27.1 Å². The van der Waals surface area contributed by atoms with Gasteiger partial charge in [0.15, 0.2) is 6.29 Å². The molecule has 0 amide bonds. The highest BCUT2D eigenvalue weighted by atomic mass is 16.7. The molecule has 0 saturated heterocycles. The standard InChI is InChI=1S/C14H20O2/c1-4-15-14(16-5-2)12(3)11-13-9-7-6-8-10-13/h6-11,14H,4-5H2,1-3H3/b12-11-. The van der Waals surface area contributed by atoms with Crippen molar-refractivity contribution >= 4 is 6.08 Å². The molecule has 2 nitrogen and oxygen atoms in total. The van der Waals surface area contributed by atoms with Crippen molar-refractivity contribution in [2.24, 2.45) is 0 Å². The highest BCUT2D eigenvalue weighted by Crippen LogP contribution is 2.13. The van der Waals surface area contributed by atoms with Crippen LogP contribution >= 0.6 is 0 Å². The Balaban J connectivity index is 2.73. The van der Waals surface area contributed by atoms with Gasteiger partial charge < -0.3 is 9.47 Å². The highest BCUT2D eigenvalue weighted by Gasteiger charge is 2.09. The van der Waals surface area contributed by atoms with E-state index in [1.807, 2.05) is 39.0 Å². The minimum Gasteiger partial charge on any atom is -0.349 e. The van der Waals surface area contributed by atoms with Gasteiger partial charge in [0.1, 0.15) is 0 Å². The van der Waals surface area contributed by atoms with Gasteiger partial charge in [-0.2, -0.15) is 0 Å². The Morgan fingerprint density at radius 1 is 1.12 bits per heavy atom. The molecule has 0 atom stereocenters. The lowest BCUT2D eigenvalue weighted by Crippen LogP contribution is -2.18. The lowest BCUT2D eigenvalue weighted by atomic mass is 10.1. The minimum absolute atomic E-state index is 0.227. The first-order chi connectivity index (χ1) is 7.77. The van der Waals surface area contributed by atoms with Crippen LogP contribution in [0.3, 0.4) is 0 Å². The second kappa shape index (κ2) is 7.20. The van der Waals surface area contributed by atoms with Crippen LogP contribution in [0.2, 0.25) is 0 Å². The summed E-state index contributed by atoms with van der Waals surface area (Å²) in [6.45, 7) is 7.29. The van der Waals surface area contributed by atoms with Crippen LogP contribution in [-0.4, -0.2) is 19.5 Å². The monoisotopic (exact) mass is 220 g/mol. The lowest BCUT2D eigenvalue weighted by Gasteiger charge is -2.17. The van der Waals surface area contributed by atoms with Gasteiger partial charge in [-0.05, 0) is 31.9 Å². The van der Waals surface area contributed by atoms with Crippen molar-refractivity contribution in [3.8, 4) is 0 Å². The predicted molar refractivity (Wildman–Crippen MR) is 67.1 cm³/mol. The molecule has 0 heterocycles. The molecule has 1 aromatic rings. The smallest absolute Gasteiger partial charge is 0.179 e. The minimum atomic E-state index is -0.227. The fourth-order valence-corrected chi connectivity index (χ4v) is 1.49. The van der Waals surface area contributed by atoms with Gasteiger partial charge in [0, 0.05) is 13.2 Å². The van der Waals surface area contributed by atoms with Gasteiger partial charge in [0.05, 0.1) is 0 Å². The number of benzene rings is 1. The van der Waals surface area contributed by atoms with Crippen molar-refractivity contribution in [3.63, 3.8) is 0 Å². The molecule has 0 radical (unpaired) electrons. The zero-order valence-electron chi connectivity index (χ0n) is 10.3. The number of hydrogen-bond donors (Lipinski definition) is 0. The average Bonchev–Trinajstić information content (AvgIpc) is 2.30. The summed E-state index contributed by atoms with van der Waals surface area (Å²) in [5, 5.41) is 0. The first-order valence-corrected chi connectivity index (χ1v) is 5.74. The summed E-state index contributed by atoms with van der Waals surface area (Å²) in [6.07, 6.45) is 1.87. The van der Waals surface area contributed by atoms with Gasteiger partial charge in [-0.15, -0.1) is 0 Å². The molecule has 16 heavy (non-hydrogen) atoms. The summed E-state index contributed by atoms with van der Waals surface area (Å²) in [4.78, 5) is 0. The zero-order chi connectivity index (χ0) is 11.8. The quantitative estimate of drug-likeness (QED) is 0.683. The molecule has 0 N–H and O–H groups in total. The molecule has 0 spiro atoms. The Bertz CT molecular complexity index is 311. The van der Waals surface area contributed by atoms with E-state index in [1.54, 1.807) is 0 Å². The van der Waals surface area contributed by atoms with Crippen LogP contribution in [-0.2, 0) is 9.47 Å². The van der Waals surface area contributed by atoms with Crippen LogP contribution in [0, 0.1) is 0 Å². The van der Waals surface area contributed by atoms with E-state index in [9.17, 15) is 0 Å². The maximum absolute atomic E-state index is 5.53. The fourth-order valence-electron chi connectivity index (χ4n) is 1.49. The van der Waals surface area contributed by atoms with Crippen molar-refractivity contribution < 1.29 is 9.47 Å². The van der Waals surface area contributed by atoms with E-state index in [1.165, 1.54) is 5.56 Å². The molecule has 1 aromatic carbocycles. The lowest BCUT2D eigenvalue weighted by molar-refractivity contribution is -0.110. The van der Waals surface area contributed by atoms with E-state index in [4.69, 9.17) is 9.47 Å². The Kier molecular flexibility index (Phi) is 5.83. The summed E-state index contributed by atoms with van der Waals surface area (Å²) >= 11 is 0. The molecule has 0 unspecified atom stereocenters. The van der Waals surface area contributed by atoms with Gasteiger partial charge in [-0.3, -0.25) is 0 Å². The average molecular weight is 220 g/mol. The second-order valence-corrected chi connectivity index (χ2v) is 3.54. The van der Waals surface area contributed by atoms with E-state index < -0.39 is 0 Å². The maximum atomic E-state index is 5.53. The number of rotatable bonds is 6. The molecule has 0 fully saturated rings. The first-order valence-electron chi connectivity index (χ1n) is 5.74. The normalized spacial score (nSPS) is 12.1. The molecule has 0 aliphatic rings. The zero-order valence-corrected chi connectivity index (χ0v) is 10.3.